The molecule has 1 aromatic rings. The van der Waals surface area contributed by atoms with Gasteiger partial charge in [0.05, 0.1) is 5.69 Å². The summed E-state index contributed by atoms with van der Waals surface area (Å²) in [7, 11) is 0. The molecule has 0 aliphatic carbocycles. The number of benzene rings is 1. The smallest absolute Gasteiger partial charge is 0.185 e. The lowest BCUT2D eigenvalue weighted by molar-refractivity contribution is 0.284. The van der Waals surface area contributed by atoms with Crippen LogP contribution < -0.4 is 0 Å². The first kappa shape index (κ1) is 7.62. The van der Waals surface area contributed by atoms with E-state index < -0.39 is 0 Å². The van der Waals surface area contributed by atoms with E-state index in [1.54, 1.807) is 0 Å². The van der Waals surface area contributed by atoms with Gasteiger partial charge >= 0.3 is 0 Å². The van der Waals surface area contributed by atoms with E-state index in [1.165, 1.54) is 0 Å². The predicted octanol–water partition coefficient (Wildman–Crippen LogP) is 2.92. The van der Waals surface area contributed by atoms with Crippen LogP contribution >= 0.6 is 11.6 Å². The Labute approximate surface area is 75.8 Å². The zero-order chi connectivity index (χ0) is 8.55. The van der Waals surface area contributed by atoms with Crippen LogP contribution in [0.2, 0.25) is 5.02 Å². The fraction of sp³-hybridized carbons (Fsp3) is 0.222. The summed E-state index contributed by atoms with van der Waals surface area (Å²) in [5.74, 6) is 0.699. The molecule has 2 rings (SSSR count). The molecule has 3 heteroatoms. The number of nitrogens with zero attached hydrogens (tertiary/aromatic N) is 1. The third-order valence-corrected chi connectivity index (χ3v) is 2.00. The van der Waals surface area contributed by atoms with Gasteiger partial charge < -0.3 is 4.74 Å². The Morgan fingerprint density at radius 3 is 3.17 bits per heavy atom. The fourth-order valence-corrected chi connectivity index (χ4v) is 1.31. The van der Waals surface area contributed by atoms with Crippen molar-refractivity contribution in [1.29, 1.82) is 0 Å². The van der Waals surface area contributed by atoms with E-state index in [1.807, 2.05) is 25.1 Å². The highest BCUT2D eigenvalue weighted by molar-refractivity contribution is 6.30. The maximum absolute atomic E-state index is 5.81. The molecule has 0 amide bonds. The lowest BCUT2D eigenvalue weighted by Crippen LogP contribution is -2.04. The molecule has 1 aliphatic rings. The number of hydrogen-bond donors (Lipinski definition) is 0. The molecular formula is C9H8ClNO. The molecule has 0 radical (unpaired) electrons. The van der Waals surface area contributed by atoms with Crippen LogP contribution in [0.25, 0.3) is 0 Å². The van der Waals surface area contributed by atoms with Crippen LogP contribution in [0.1, 0.15) is 12.5 Å². The summed E-state index contributed by atoms with van der Waals surface area (Å²) in [5, 5.41) is 0.715. The van der Waals surface area contributed by atoms with Crippen LogP contribution in [0, 0.1) is 0 Å². The van der Waals surface area contributed by atoms with Gasteiger partial charge in [-0.3, -0.25) is 0 Å². The SMILES string of the molecule is CC1=Nc2cc(Cl)ccc2CO1. The molecule has 0 unspecified atom stereocenters. The van der Waals surface area contributed by atoms with E-state index in [-0.39, 0.29) is 0 Å². The van der Waals surface area contributed by atoms with Crippen LogP contribution in [0.3, 0.4) is 0 Å². The van der Waals surface area contributed by atoms with Crippen molar-refractivity contribution >= 4 is 23.2 Å². The van der Waals surface area contributed by atoms with Crippen molar-refractivity contribution in [2.24, 2.45) is 4.99 Å². The second kappa shape index (κ2) is 2.79. The number of ether oxygens (including phenoxy) is 1. The van der Waals surface area contributed by atoms with E-state index in [0.717, 1.165) is 11.3 Å². The summed E-state index contributed by atoms with van der Waals surface area (Å²) < 4.78 is 5.25. The van der Waals surface area contributed by atoms with Gasteiger partial charge in [0.25, 0.3) is 0 Å². The number of rotatable bonds is 0. The minimum atomic E-state index is 0.599. The summed E-state index contributed by atoms with van der Waals surface area (Å²) >= 11 is 5.81. The van der Waals surface area contributed by atoms with Crippen molar-refractivity contribution in [3.63, 3.8) is 0 Å². The Morgan fingerprint density at radius 1 is 1.50 bits per heavy atom. The van der Waals surface area contributed by atoms with Crippen LogP contribution in [0.5, 0.6) is 0 Å². The van der Waals surface area contributed by atoms with Crippen LogP contribution in [0.4, 0.5) is 5.69 Å². The molecule has 0 saturated carbocycles. The van der Waals surface area contributed by atoms with Gasteiger partial charge in [-0.25, -0.2) is 4.99 Å². The third-order valence-electron chi connectivity index (χ3n) is 1.76. The monoisotopic (exact) mass is 181 g/mol. The number of halogens is 1. The fourth-order valence-electron chi connectivity index (χ4n) is 1.15. The summed E-state index contributed by atoms with van der Waals surface area (Å²) in [6.45, 7) is 2.44. The average molecular weight is 182 g/mol. The molecule has 0 bridgehead atoms. The van der Waals surface area contributed by atoms with Crippen LogP contribution in [0.15, 0.2) is 23.2 Å². The van der Waals surface area contributed by atoms with Gasteiger partial charge in [0.15, 0.2) is 5.90 Å². The van der Waals surface area contributed by atoms with E-state index in [9.17, 15) is 0 Å². The third kappa shape index (κ3) is 1.30. The molecule has 12 heavy (non-hydrogen) atoms. The van der Waals surface area contributed by atoms with Crippen molar-refractivity contribution in [3.05, 3.63) is 28.8 Å². The first-order chi connectivity index (χ1) is 5.75. The van der Waals surface area contributed by atoms with Crippen molar-refractivity contribution in [2.75, 3.05) is 0 Å². The molecular weight excluding hydrogens is 174 g/mol. The topological polar surface area (TPSA) is 21.6 Å². The van der Waals surface area contributed by atoms with Crippen LogP contribution in [-0.4, -0.2) is 5.90 Å². The number of hydrogen-bond acceptors (Lipinski definition) is 2. The molecule has 2 nitrogen and oxygen atoms in total. The zero-order valence-corrected chi connectivity index (χ0v) is 7.43. The highest BCUT2D eigenvalue weighted by atomic mass is 35.5. The van der Waals surface area contributed by atoms with Crippen molar-refractivity contribution in [2.45, 2.75) is 13.5 Å². The van der Waals surface area contributed by atoms with Gasteiger partial charge in [-0.15, -0.1) is 0 Å². The predicted molar refractivity (Wildman–Crippen MR) is 49.0 cm³/mol. The van der Waals surface area contributed by atoms with Gasteiger partial charge in [0, 0.05) is 17.5 Å². The molecule has 0 spiro atoms. The largest absolute Gasteiger partial charge is 0.476 e. The summed E-state index contributed by atoms with van der Waals surface area (Å²) in [4.78, 5) is 4.22. The highest BCUT2D eigenvalue weighted by Crippen LogP contribution is 2.27. The standard InChI is InChI=1S/C9H8ClNO/c1-6-11-9-4-8(10)3-2-7(9)5-12-6/h2-4H,5H2,1H3. The van der Waals surface area contributed by atoms with Gasteiger partial charge in [0.1, 0.15) is 6.61 Å². The Morgan fingerprint density at radius 2 is 2.33 bits per heavy atom. The molecule has 1 aliphatic heterocycles. The number of fused-ring (bicyclic) bond motifs is 1. The van der Waals surface area contributed by atoms with Crippen LogP contribution in [-0.2, 0) is 11.3 Å². The molecule has 0 fully saturated rings. The highest BCUT2D eigenvalue weighted by Gasteiger charge is 2.09. The normalized spacial score (nSPS) is 14.7. The average Bonchev–Trinajstić information content (AvgIpc) is 2.03. The van der Waals surface area contributed by atoms with Crippen molar-refractivity contribution in [3.8, 4) is 0 Å². The Kier molecular flexibility index (Phi) is 1.77. The van der Waals surface area contributed by atoms with Crippen molar-refractivity contribution < 1.29 is 4.74 Å². The van der Waals surface area contributed by atoms with E-state index in [0.29, 0.717) is 17.5 Å². The summed E-state index contributed by atoms with van der Waals surface area (Å²) in [5.41, 5.74) is 2.01. The molecule has 0 saturated heterocycles. The zero-order valence-electron chi connectivity index (χ0n) is 6.67. The van der Waals surface area contributed by atoms with E-state index in [2.05, 4.69) is 4.99 Å². The minimum Gasteiger partial charge on any atom is -0.476 e. The first-order valence-corrected chi connectivity index (χ1v) is 4.10. The second-order valence-corrected chi connectivity index (χ2v) is 3.13. The van der Waals surface area contributed by atoms with E-state index >= 15 is 0 Å². The molecule has 0 aromatic heterocycles. The Bertz CT molecular complexity index is 346. The lowest BCUT2D eigenvalue weighted by Gasteiger charge is -2.14. The van der Waals surface area contributed by atoms with Gasteiger partial charge in [-0.2, -0.15) is 0 Å². The van der Waals surface area contributed by atoms with Crippen molar-refractivity contribution in [1.82, 2.24) is 0 Å². The molecule has 1 aromatic carbocycles. The molecule has 0 N–H and O–H groups in total. The van der Waals surface area contributed by atoms with Gasteiger partial charge in [-0.05, 0) is 12.1 Å². The van der Waals surface area contributed by atoms with Gasteiger partial charge in [-0.1, -0.05) is 17.7 Å². The van der Waals surface area contributed by atoms with Gasteiger partial charge in [0.2, 0.25) is 0 Å². The summed E-state index contributed by atoms with van der Waals surface area (Å²) in [6.07, 6.45) is 0. The Hall–Kier alpha value is -1.02. The quantitative estimate of drug-likeness (QED) is 0.603. The molecule has 62 valence electrons. The Balaban J connectivity index is 2.53. The molecule has 0 atom stereocenters. The summed E-state index contributed by atoms with van der Waals surface area (Å²) in [6, 6.07) is 5.64. The lowest BCUT2D eigenvalue weighted by atomic mass is 10.2. The second-order valence-electron chi connectivity index (χ2n) is 2.69. The first-order valence-electron chi connectivity index (χ1n) is 3.72. The van der Waals surface area contributed by atoms with E-state index in [4.69, 9.17) is 16.3 Å². The minimum absolute atomic E-state index is 0.599. The number of aliphatic imine (C=N–C) groups is 1. The molecule has 1 heterocycles. The maximum atomic E-state index is 5.81. The maximum Gasteiger partial charge on any atom is 0.185 e.